The van der Waals surface area contributed by atoms with Crippen molar-refractivity contribution in [1.82, 2.24) is 4.98 Å². The van der Waals surface area contributed by atoms with E-state index in [0.29, 0.717) is 16.5 Å². The molecule has 0 radical (unpaired) electrons. The predicted octanol–water partition coefficient (Wildman–Crippen LogP) is 2.39. The van der Waals surface area contributed by atoms with Crippen LogP contribution in [0.5, 0.6) is 11.5 Å². The lowest BCUT2D eigenvalue weighted by Gasteiger charge is -2.10. The molecule has 2 N–H and O–H groups in total. The summed E-state index contributed by atoms with van der Waals surface area (Å²) in [4.78, 5) is 38.2. The van der Waals surface area contributed by atoms with Crippen LogP contribution in [0.2, 0.25) is 5.02 Å². The molecule has 0 saturated carbocycles. The van der Waals surface area contributed by atoms with E-state index in [1.165, 1.54) is 31.3 Å². The number of anilines is 1. The highest BCUT2D eigenvalue weighted by molar-refractivity contribution is 6.30. The zero-order chi connectivity index (χ0) is 18.0. The zero-order valence-corrected chi connectivity index (χ0v) is 13.8. The number of aromatic amines is 1. The summed E-state index contributed by atoms with van der Waals surface area (Å²) >= 11 is 5.70. The second kappa shape index (κ2) is 6.86. The Morgan fingerprint density at radius 3 is 2.60 bits per heavy atom. The van der Waals surface area contributed by atoms with Gasteiger partial charge < -0.3 is 24.5 Å². The second-order valence-corrected chi connectivity index (χ2v) is 5.60. The normalized spacial score (nSPS) is 11.9. The van der Waals surface area contributed by atoms with E-state index < -0.39 is 18.5 Å². The number of Topliss-reactive ketones (excluding diaryl/α,β-unsaturated/α-hetero) is 1. The van der Waals surface area contributed by atoms with Crippen LogP contribution < -0.4 is 14.8 Å². The summed E-state index contributed by atoms with van der Waals surface area (Å²) in [6, 6.07) is 4.37. The Morgan fingerprint density at radius 1 is 1.24 bits per heavy atom. The van der Waals surface area contributed by atoms with Gasteiger partial charge in [0.05, 0.1) is 10.7 Å². The molecule has 3 rings (SSSR count). The van der Waals surface area contributed by atoms with Crippen LogP contribution >= 0.6 is 11.6 Å². The summed E-state index contributed by atoms with van der Waals surface area (Å²) in [7, 11) is 0. The van der Waals surface area contributed by atoms with Gasteiger partial charge in [-0.25, -0.2) is 4.79 Å². The van der Waals surface area contributed by atoms with Gasteiger partial charge in [0.25, 0.3) is 5.91 Å². The first-order valence-electron chi connectivity index (χ1n) is 7.19. The summed E-state index contributed by atoms with van der Waals surface area (Å²) < 4.78 is 15.3. The summed E-state index contributed by atoms with van der Waals surface area (Å²) in [5.41, 5.74) is 0.645. The number of aromatic nitrogens is 1. The summed E-state index contributed by atoms with van der Waals surface area (Å²) in [6.45, 7) is 0.879. The van der Waals surface area contributed by atoms with Crippen molar-refractivity contribution < 1.29 is 28.6 Å². The number of hydrogen-bond acceptors (Lipinski definition) is 6. The number of esters is 1. The maximum Gasteiger partial charge on any atom is 0.355 e. The number of halogens is 1. The van der Waals surface area contributed by atoms with E-state index in [1.807, 2.05) is 0 Å². The standard InChI is InChI=1S/C16H13ClN2O6/c1-8(20)10-3-13-14(25-7-24-13)4-11(10)19-15(21)6-23-16(22)12-2-9(17)5-18-12/h2-5,18H,6-7H2,1H3,(H,19,21). The molecular formula is C16H13ClN2O6. The van der Waals surface area contributed by atoms with Crippen LogP contribution in [0.25, 0.3) is 0 Å². The van der Waals surface area contributed by atoms with Gasteiger partial charge >= 0.3 is 5.97 Å². The number of benzene rings is 1. The van der Waals surface area contributed by atoms with Gasteiger partial charge in [-0.05, 0) is 19.1 Å². The molecule has 1 aromatic carbocycles. The zero-order valence-electron chi connectivity index (χ0n) is 13.1. The number of carbonyl (C=O) groups excluding carboxylic acids is 3. The highest BCUT2D eigenvalue weighted by Gasteiger charge is 2.21. The molecule has 0 unspecified atom stereocenters. The van der Waals surface area contributed by atoms with Gasteiger partial charge in [-0.3, -0.25) is 9.59 Å². The number of rotatable bonds is 5. The van der Waals surface area contributed by atoms with Gasteiger partial charge in [0.15, 0.2) is 23.9 Å². The molecule has 9 heteroatoms. The predicted molar refractivity (Wildman–Crippen MR) is 87.3 cm³/mol. The van der Waals surface area contributed by atoms with Gasteiger partial charge in [-0.1, -0.05) is 11.6 Å². The summed E-state index contributed by atoms with van der Waals surface area (Å²) in [5.74, 6) is -0.741. The highest BCUT2D eigenvalue weighted by atomic mass is 35.5. The smallest absolute Gasteiger partial charge is 0.355 e. The fraction of sp³-hybridized carbons (Fsp3) is 0.188. The third-order valence-electron chi connectivity index (χ3n) is 3.37. The third-order valence-corrected chi connectivity index (χ3v) is 3.59. The maximum absolute atomic E-state index is 12.0. The Balaban J connectivity index is 1.66. The van der Waals surface area contributed by atoms with Crippen LogP contribution in [0.4, 0.5) is 5.69 Å². The Labute approximate surface area is 147 Å². The molecule has 1 aromatic heterocycles. The van der Waals surface area contributed by atoms with Crippen LogP contribution in [0.15, 0.2) is 24.4 Å². The van der Waals surface area contributed by atoms with Gasteiger partial charge in [-0.15, -0.1) is 0 Å². The lowest BCUT2D eigenvalue weighted by molar-refractivity contribution is -0.119. The van der Waals surface area contributed by atoms with Crippen LogP contribution in [-0.2, 0) is 9.53 Å². The van der Waals surface area contributed by atoms with Gasteiger partial charge in [0.1, 0.15) is 5.69 Å². The van der Waals surface area contributed by atoms with Crippen molar-refractivity contribution in [3.05, 3.63) is 40.7 Å². The van der Waals surface area contributed by atoms with Gasteiger partial charge in [0.2, 0.25) is 6.79 Å². The molecule has 0 saturated heterocycles. The number of ether oxygens (including phenoxy) is 3. The topological polar surface area (TPSA) is 107 Å². The van der Waals surface area contributed by atoms with Crippen LogP contribution in [0, 0.1) is 0 Å². The molecule has 2 aromatic rings. The van der Waals surface area contributed by atoms with Crippen molar-refractivity contribution in [2.75, 3.05) is 18.7 Å². The van der Waals surface area contributed by atoms with Crippen LogP contribution in [0.3, 0.4) is 0 Å². The number of carbonyl (C=O) groups is 3. The van der Waals surface area contributed by atoms with E-state index in [9.17, 15) is 14.4 Å². The van der Waals surface area contributed by atoms with Crippen molar-refractivity contribution in [3.63, 3.8) is 0 Å². The summed E-state index contributed by atoms with van der Waals surface area (Å²) in [6.07, 6.45) is 1.42. The fourth-order valence-corrected chi connectivity index (χ4v) is 2.38. The second-order valence-electron chi connectivity index (χ2n) is 5.16. The Morgan fingerprint density at radius 2 is 1.96 bits per heavy atom. The van der Waals surface area contributed by atoms with Crippen molar-refractivity contribution in [2.45, 2.75) is 6.92 Å². The molecule has 0 atom stereocenters. The number of fused-ring (bicyclic) bond motifs is 1. The molecule has 8 nitrogen and oxygen atoms in total. The first-order valence-corrected chi connectivity index (χ1v) is 7.57. The van der Waals surface area contributed by atoms with Gasteiger partial charge in [0, 0.05) is 17.8 Å². The van der Waals surface area contributed by atoms with E-state index in [2.05, 4.69) is 10.3 Å². The number of hydrogen-bond donors (Lipinski definition) is 2. The molecule has 0 aliphatic carbocycles. The van der Waals surface area contributed by atoms with E-state index in [-0.39, 0.29) is 29.5 Å². The molecule has 2 heterocycles. The molecule has 1 aliphatic heterocycles. The summed E-state index contributed by atoms with van der Waals surface area (Å²) in [5, 5.41) is 2.87. The van der Waals surface area contributed by atoms with E-state index >= 15 is 0 Å². The number of amides is 1. The average molecular weight is 365 g/mol. The number of nitrogens with one attached hydrogen (secondary N) is 2. The molecule has 0 bridgehead atoms. The van der Waals surface area contributed by atoms with E-state index in [0.717, 1.165) is 0 Å². The Bertz CT molecular complexity index is 860. The first kappa shape index (κ1) is 16.8. The van der Waals surface area contributed by atoms with Crippen molar-refractivity contribution in [3.8, 4) is 11.5 Å². The van der Waals surface area contributed by atoms with E-state index in [4.69, 9.17) is 25.8 Å². The van der Waals surface area contributed by atoms with Crippen LogP contribution in [0.1, 0.15) is 27.8 Å². The molecular weight excluding hydrogens is 352 g/mol. The molecule has 0 spiro atoms. The van der Waals surface area contributed by atoms with Crippen molar-refractivity contribution >= 4 is 34.9 Å². The number of ketones is 1. The SMILES string of the molecule is CC(=O)c1cc2c(cc1NC(=O)COC(=O)c1cc(Cl)c[nH]1)OCO2. The highest BCUT2D eigenvalue weighted by Crippen LogP contribution is 2.37. The molecule has 25 heavy (non-hydrogen) atoms. The minimum atomic E-state index is -0.723. The fourth-order valence-electron chi connectivity index (χ4n) is 2.22. The minimum Gasteiger partial charge on any atom is -0.454 e. The Hall–Kier alpha value is -3.00. The monoisotopic (exact) mass is 364 g/mol. The third kappa shape index (κ3) is 3.74. The maximum atomic E-state index is 12.0. The van der Waals surface area contributed by atoms with Crippen LogP contribution in [-0.4, -0.2) is 36.0 Å². The van der Waals surface area contributed by atoms with Crippen molar-refractivity contribution in [2.24, 2.45) is 0 Å². The molecule has 0 fully saturated rings. The molecule has 130 valence electrons. The lowest BCUT2D eigenvalue weighted by atomic mass is 10.1. The minimum absolute atomic E-state index is 0.0421. The average Bonchev–Trinajstić information content (AvgIpc) is 3.20. The molecule has 1 aliphatic rings. The van der Waals surface area contributed by atoms with Gasteiger partial charge in [-0.2, -0.15) is 0 Å². The lowest BCUT2D eigenvalue weighted by Crippen LogP contribution is -2.22. The van der Waals surface area contributed by atoms with E-state index in [1.54, 1.807) is 0 Å². The quantitative estimate of drug-likeness (QED) is 0.623. The van der Waals surface area contributed by atoms with Crippen molar-refractivity contribution in [1.29, 1.82) is 0 Å². The first-order chi connectivity index (χ1) is 11.9. The largest absolute Gasteiger partial charge is 0.454 e. The number of H-pyrrole nitrogens is 1. The Kier molecular flexibility index (Phi) is 4.62. The molecule has 1 amide bonds.